The predicted octanol–water partition coefficient (Wildman–Crippen LogP) is 5.91. The number of nitrogens with one attached hydrogen (secondary N) is 1. The number of benzene rings is 2. The molecular formula is C25H25Cl2N3O2. The van der Waals surface area contributed by atoms with Crippen LogP contribution in [0.2, 0.25) is 10.0 Å². The van der Waals surface area contributed by atoms with Crippen molar-refractivity contribution in [1.82, 2.24) is 9.88 Å². The van der Waals surface area contributed by atoms with Gasteiger partial charge in [-0.2, -0.15) is 0 Å². The first-order chi connectivity index (χ1) is 15.0. The van der Waals surface area contributed by atoms with Crippen LogP contribution < -0.4 is 5.32 Å². The maximum Gasteiger partial charge on any atom is 0.257 e. The largest absolute Gasteiger partial charge is 0.307 e. The first-order valence-corrected chi connectivity index (χ1v) is 10.8. The molecule has 2 aromatic carbocycles. The van der Waals surface area contributed by atoms with Gasteiger partial charge in [-0.25, -0.2) is 4.98 Å². The Morgan fingerprint density at radius 1 is 0.969 bits per heavy atom. The molecule has 5 nitrogen and oxygen atoms in total. The summed E-state index contributed by atoms with van der Waals surface area (Å²) in [5.74, 6) is -0.0778. The van der Waals surface area contributed by atoms with Crippen molar-refractivity contribution in [2.24, 2.45) is 0 Å². The van der Waals surface area contributed by atoms with Crippen molar-refractivity contribution in [2.75, 3.05) is 18.4 Å². The lowest BCUT2D eigenvalue weighted by Crippen LogP contribution is -2.36. The predicted molar refractivity (Wildman–Crippen MR) is 130 cm³/mol. The molecule has 1 saturated heterocycles. The molecule has 0 unspecified atom stereocenters. The molecule has 1 aliphatic rings. The molecule has 3 aromatic rings. The molecule has 1 N–H and O–H groups in total. The van der Waals surface area contributed by atoms with E-state index in [0.29, 0.717) is 32.6 Å². The summed E-state index contributed by atoms with van der Waals surface area (Å²) in [6, 6.07) is 15.9. The third kappa shape index (κ3) is 5.94. The number of likely N-dealkylation sites (tertiary alicyclic amines) is 1. The SMILES string of the molecule is C.O=C(Cc1ccc(Cl)cc1C(=O)Nc1ccc(Cl)cn1)c1ccc(CN2CCC2)cc1. The summed E-state index contributed by atoms with van der Waals surface area (Å²) in [6.07, 6.45) is 2.80. The smallest absolute Gasteiger partial charge is 0.257 e. The van der Waals surface area contributed by atoms with E-state index in [-0.39, 0.29) is 25.5 Å². The second-order valence-corrected chi connectivity index (χ2v) is 8.42. The number of aromatic nitrogens is 1. The van der Waals surface area contributed by atoms with Gasteiger partial charge < -0.3 is 5.32 Å². The summed E-state index contributed by atoms with van der Waals surface area (Å²) < 4.78 is 0. The van der Waals surface area contributed by atoms with Crippen LogP contribution >= 0.6 is 23.2 Å². The third-order valence-electron chi connectivity index (χ3n) is 5.27. The van der Waals surface area contributed by atoms with E-state index in [1.54, 1.807) is 30.3 Å². The number of pyridine rings is 1. The molecule has 1 fully saturated rings. The Bertz CT molecular complexity index is 1100. The minimum absolute atomic E-state index is 0. The standard InChI is InChI=1S/C24H21Cl2N3O2.CH4/c25-19-7-6-18(21(13-19)24(31)28-23-9-8-20(26)14-27-23)12-22(30)17-4-2-16(3-5-17)15-29-10-1-11-29;/h2-9,13-14H,1,10-12,15H2,(H,27,28,31);1H4. The van der Waals surface area contributed by atoms with E-state index in [1.807, 2.05) is 24.3 Å². The van der Waals surface area contributed by atoms with Crippen molar-refractivity contribution in [3.05, 3.63) is 93.1 Å². The second kappa shape index (κ2) is 10.7. The first-order valence-electron chi connectivity index (χ1n) is 10.0. The lowest BCUT2D eigenvalue weighted by atomic mass is 9.97. The number of Topliss-reactive ketones (excluding diaryl/α,β-unsaturated/α-hetero) is 1. The van der Waals surface area contributed by atoms with Crippen molar-refractivity contribution in [3.8, 4) is 0 Å². The molecule has 2 heterocycles. The molecule has 1 aliphatic heterocycles. The van der Waals surface area contributed by atoms with Crippen molar-refractivity contribution < 1.29 is 9.59 Å². The van der Waals surface area contributed by atoms with Gasteiger partial charge in [0.1, 0.15) is 5.82 Å². The molecule has 0 atom stereocenters. The van der Waals surface area contributed by atoms with Crippen molar-refractivity contribution in [2.45, 2.75) is 26.8 Å². The zero-order chi connectivity index (χ0) is 21.8. The minimum atomic E-state index is -0.384. The van der Waals surface area contributed by atoms with Gasteiger partial charge in [-0.3, -0.25) is 14.5 Å². The van der Waals surface area contributed by atoms with Crippen LogP contribution in [0, 0.1) is 0 Å². The van der Waals surface area contributed by atoms with Gasteiger partial charge in [0.25, 0.3) is 5.91 Å². The zero-order valence-corrected chi connectivity index (χ0v) is 18.3. The van der Waals surface area contributed by atoms with E-state index in [4.69, 9.17) is 23.2 Å². The Morgan fingerprint density at radius 2 is 1.69 bits per heavy atom. The van der Waals surface area contributed by atoms with Crippen LogP contribution in [0.15, 0.2) is 60.8 Å². The molecule has 0 saturated carbocycles. The van der Waals surface area contributed by atoms with Crippen LogP contribution in [0.25, 0.3) is 0 Å². The van der Waals surface area contributed by atoms with Gasteiger partial charge in [0.2, 0.25) is 0 Å². The highest BCUT2D eigenvalue weighted by atomic mass is 35.5. The summed E-state index contributed by atoms with van der Waals surface area (Å²) in [5.41, 5.74) is 2.75. The third-order valence-corrected chi connectivity index (χ3v) is 5.73. The van der Waals surface area contributed by atoms with Crippen molar-refractivity contribution in [1.29, 1.82) is 0 Å². The minimum Gasteiger partial charge on any atom is -0.307 e. The lowest BCUT2D eigenvalue weighted by molar-refractivity contribution is 0.0992. The van der Waals surface area contributed by atoms with E-state index in [1.165, 1.54) is 18.2 Å². The van der Waals surface area contributed by atoms with E-state index in [9.17, 15) is 9.59 Å². The molecule has 0 radical (unpaired) electrons. The van der Waals surface area contributed by atoms with Gasteiger partial charge >= 0.3 is 0 Å². The normalized spacial score (nSPS) is 13.1. The summed E-state index contributed by atoms with van der Waals surface area (Å²) in [7, 11) is 0. The second-order valence-electron chi connectivity index (χ2n) is 7.54. The molecule has 0 aliphatic carbocycles. The monoisotopic (exact) mass is 469 g/mol. The fourth-order valence-electron chi connectivity index (χ4n) is 3.42. The molecule has 1 aromatic heterocycles. The van der Waals surface area contributed by atoms with Crippen molar-refractivity contribution in [3.63, 3.8) is 0 Å². The van der Waals surface area contributed by atoms with Crippen LogP contribution in [-0.4, -0.2) is 34.7 Å². The number of amides is 1. The molecule has 4 rings (SSSR count). The fourth-order valence-corrected chi connectivity index (χ4v) is 3.70. The topological polar surface area (TPSA) is 62.3 Å². The highest BCUT2D eigenvalue weighted by Crippen LogP contribution is 2.21. The Labute approximate surface area is 198 Å². The number of ketones is 1. The molecular weight excluding hydrogens is 445 g/mol. The van der Waals surface area contributed by atoms with Gasteiger partial charge in [0.05, 0.1) is 5.02 Å². The Kier molecular flexibility index (Phi) is 8.02. The number of rotatable bonds is 7. The molecule has 166 valence electrons. The van der Waals surface area contributed by atoms with Crippen LogP contribution in [0.3, 0.4) is 0 Å². The van der Waals surface area contributed by atoms with Crippen LogP contribution in [-0.2, 0) is 13.0 Å². The molecule has 32 heavy (non-hydrogen) atoms. The highest BCUT2D eigenvalue weighted by molar-refractivity contribution is 6.31. The van der Waals surface area contributed by atoms with Gasteiger partial charge in [0, 0.05) is 35.3 Å². The number of halogens is 2. The molecule has 0 spiro atoms. The number of carbonyl (C=O) groups is 2. The summed E-state index contributed by atoms with van der Waals surface area (Å²) >= 11 is 12.0. The maximum absolute atomic E-state index is 12.9. The maximum atomic E-state index is 12.9. The highest BCUT2D eigenvalue weighted by Gasteiger charge is 2.17. The van der Waals surface area contributed by atoms with Crippen LogP contribution in [0.1, 0.15) is 45.7 Å². The van der Waals surface area contributed by atoms with E-state index >= 15 is 0 Å². The molecule has 1 amide bonds. The van der Waals surface area contributed by atoms with E-state index in [0.717, 1.165) is 19.6 Å². The quantitative estimate of drug-likeness (QED) is 0.437. The fraction of sp³-hybridized carbons (Fsp3) is 0.240. The molecule has 7 heteroatoms. The number of hydrogen-bond acceptors (Lipinski definition) is 4. The number of nitrogens with zero attached hydrogens (tertiary/aromatic N) is 2. The average molecular weight is 470 g/mol. The summed E-state index contributed by atoms with van der Waals surface area (Å²) in [4.78, 5) is 32.1. The van der Waals surface area contributed by atoms with Crippen molar-refractivity contribution >= 4 is 40.7 Å². The van der Waals surface area contributed by atoms with E-state index in [2.05, 4.69) is 15.2 Å². The number of hydrogen-bond donors (Lipinski definition) is 1. The average Bonchev–Trinajstić information content (AvgIpc) is 2.74. The first kappa shape index (κ1) is 23.9. The summed E-state index contributed by atoms with van der Waals surface area (Å²) in [5, 5.41) is 3.61. The van der Waals surface area contributed by atoms with Crippen LogP contribution in [0.5, 0.6) is 0 Å². The number of anilines is 1. The van der Waals surface area contributed by atoms with E-state index < -0.39 is 0 Å². The Morgan fingerprint density at radius 3 is 2.31 bits per heavy atom. The Balaban J connectivity index is 0.00000289. The zero-order valence-electron chi connectivity index (χ0n) is 16.8. The van der Waals surface area contributed by atoms with Gasteiger partial charge in [-0.1, -0.05) is 61.0 Å². The van der Waals surface area contributed by atoms with Gasteiger partial charge in [-0.05, 0) is 54.9 Å². The number of carbonyl (C=O) groups excluding carboxylic acids is 2. The van der Waals surface area contributed by atoms with Gasteiger partial charge in [0.15, 0.2) is 5.78 Å². The summed E-state index contributed by atoms with van der Waals surface area (Å²) in [6.45, 7) is 3.18. The Hall–Kier alpha value is -2.73. The van der Waals surface area contributed by atoms with Crippen LogP contribution in [0.4, 0.5) is 5.82 Å². The molecule has 0 bridgehead atoms. The lowest BCUT2D eigenvalue weighted by Gasteiger charge is -2.30. The van der Waals surface area contributed by atoms with Gasteiger partial charge in [-0.15, -0.1) is 0 Å².